The SMILES string of the molecule is O=C(CCn1ccc2ccc(Br)cc21)Nc1cccnc1Cl. The average molecular weight is 379 g/mol. The van der Waals surface area contributed by atoms with Crippen molar-refractivity contribution in [1.82, 2.24) is 9.55 Å². The van der Waals surface area contributed by atoms with Gasteiger partial charge in [0.05, 0.1) is 5.69 Å². The molecule has 0 fully saturated rings. The first-order chi connectivity index (χ1) is 10.6. The van der Waals surface area contributed by atoms with Gasteiger partial charge in [-0.05, 0) is 35.7 Å². The molecule has 0 radical (unpaired) electrons. The van der Waals surface area contributed by atoms with Crippen molar-refractivity contribution in [2.75, 3.05) is 5.32 Å². The van der Waals surface area contributed by atoms with Gasteiger partial charge < -0.3 is 9.88 Å². The number of pyridine rings is 1. The lowest BCUT2D eigenvalue weighted by atomic mass is 10.2. The smallest absolute Gasteiger partial charge is 0.226 e. The third-order valence-electron chi connectivity index (χ3n) is 3.35. The number of anilines is 1. The maximum atomic E-state index is 12.0. The highest BCUT2D eigenvalue weighted by Crippen LogP contribution is 2.21. The number of hydrogen-bond donors (Lipinski definition) is 1. The van der Waals surface area contributed by atoms with Crippen molar-refractivity contribution in [1.29, 1.82) is 0 Å². The summed E-state index contributed by atoms with van der Waals surface area (Å²) in [5.41, 5.74) is 1.64. The zero-order valence-electron chi connectivity index (χ0n) is 11.6. The van der Waals surface area contributed by atoms with Crippen LogP contribution in [0.5, 0.6) is 0 Å². The van der Waals surface area contributed by atoms with Gasteiger partial charge in [0.1, 0.15) is 0 Å². The number of hydrogen-bond acceptors (Lipinski definition) is 2. The molecule has 1 aromatic carbocycles. The van der Waals surface area contributed by atoms with Crippen LogP contribution in [0.15, 0.2) is 53.3 Å². The van der Waals surface area contributed by atoms with Gasteiger partial charge in [0.15, 0.2) is 5.15 Å². The van der Waals surface area contributed by atoms with E-state index in [4.69, 9.17) is 11.6 Å². The number of nitrogens with zero attached hydrogens (tertiary/aromatic N) is 2. The van der Waals surface area contributed by atoms with Crippen LogP contribution in [-0.4, -0.2) is 15.5 Å². The number of rotatable bonds is 4. The molecule has 0 unspecified atom stereocenters. The van der Waals surface area contributed by atoms with Crippen LogP contribution in [0.1, 0.15) is 6.42 Å². The lowest BCUT2D eigenvalue weighted by molar-refractivity contribution is -0.116. The van der Waals surface area contributed by atoms with Crippen LogP contribution in [0.2, 0.25) is 5.15 Å². The molecule has 1 N–H and O–H groups in total. The number of benzene rings is 1. The maximum Gasteiger partial charge on any atom is 0.226 e. The number of fused-ring (bicyclic) bond motifs is 1. The summed E-state index contributed by atoms with van der Waals surface area (Å²) < 4.78 is 3.08. The van der Waals surface area contributed by atoms with E-state index in [9.17, 15) is 4.79 Å². The third-order valence-corrected chi connectivity index (χ3v) is 4.14. The van der Waals surface area contributed by atoms with Gasteiger partial charge in [0.25, 0.3) is 0 Å². The zero-order valence-corrected chi connectivity index (χ0v) is 13.9. The second-order valence-electron chi connectivity index (χ2n) is 4.85. The Morgan fingerprint density at radius 3 is 3.00 bits per heavy atom. The van der Waals surface area contributed by atoms with E-state index in [2.05, 4.69) is 30.8 Å². The Labute approximate surface area is 141 Å². The molecule has 3 aromatic rings. The van der Waals surface area contributed by atoms with Crippen LogP contribution in [0.25, 0.3) is 10.9 Å². The van der Waals surface area contributed by atoms with Crippen LogP contribution in [0.3, 0.4) is 0 Å². The van der Waals surface area contributed by atoms with E-state index < -0.39 is 0 Å². The van der Waals surface area contributed by atoms with Crippen molar-refractivity contribution in [3.8, 4) is 0 Å². The first-order valence-corrected chi connectivity index (χ1v) is 7.95. The van der Waals surface area contributed by atoms with Gasteiger partial charge in [0, 0.05) is 35.3 Å². The number of nitrogens with one attached hydrogen (secondary N) is 1. The predicted octanol–water partition coefficient (Wildman–Crippen LogP) is 4.48. The quantitative estimate of drug-likeness (QED) is 0.680. The Kier molecular flexibility index (Phi) is 4.45. The third kappa shape index (κ3) is 3.31. The molecule has 0 atom stereocenters. The lowest BCUT2D eigenvalue weighted by Gasteiger charge is -2.08. The molecular weight excluding hydrogens is 366 g/mol. The van der Waals surface area contributed by atoms with Crippen LogP contribution in [0, 0.1) is 0 Å². The molecule has 0 saturated carbocycles. The van der Waals surface area contributed by atoms with E-state index in [1.165, 1.54) is 0 Å². The molecule has 3 rings (SSSR count). The van der Waals surface area contributed by atoms with Crippen molar-refractivity contribution >= 4 is 50.0 Å². The largest absolute Gasteiger partial charge is 0.347 e. The molecule has 0 aliphatic rings. The summed E-state index contributed by atoms with van der Waals surface area (Å²) >= 11 is 9.40. The van der Waals surface area contributed by atoms with E-state index in [0.29, 0.717) is 23.8 Å². The molecule has 0 saturated heterocycles. The van der Waals surface area contributed by atoms with Crippen molar-refractivity contribution < 1.29 is 4.79 Å². The topological polar surface area (TPSA) is 46.9 Å². The minimum absolute atomic E-state index is 0.0910. The molecule has 0 aliphatic heterocycles. The highest BCUT2D eigenvalue weighted by atomic mass is 79.9. The van der Waals surface area contributed by atoms with E-state index >= 15 is 0 Å². The van der Waals surface area contributed by atoms with Crippen molar-refractivity contribution in [2.24, 2.45) is 0 Å². The van der Waals surface area contributed by atoms with Gasteiger partial charge in [-0.25, -0.2) is 4.98 Å². The summed E-state index contributed by atoms with van der Waals surface area (Å²) in [7, 11) is 0. The number of carbonyl (C=O) groups excluding carboxylic acids is 1. The van der Waals surface area contributed by atoms with E-state index in [0.717, 1.165) is 15.4 Å². The Morgan fingerprint density at radius 2 is 2.18 bits per heavy atom. The molecule has 4 nitrogen and oxygen atoms in total. The highest BCUT2D eigenvalue weighted by Gasteiger charge is 2.08. The van der Waals surface area contributed by atoms with Gasteiger partial charge in [0.2, 0.25) is 5.91 Å². The molecule has 1 amide bonds. The zero-order chi connectivity index (χ0) is 15.5. The Hall–Kier alpha value is -1.85. The van der Waals surface area contributed by atoms with Crippen LogP contribution in [-0.2, 0) is 11.3 Å². The van der Waals surface area contributed by atoms with Gasteiger partial charge in [-0.1, -0.05) is 33.6 Å². The maximum absolute atomic E-state index is 12.0. The van der Waals surface area contributed by atoms with Crippen LogP contribution >= 0.6 is 27.5 Å². The Bertz CT molecular complexity index is 831. The lowest BCUT2D eigenvalue weighted by Crippen LogP contribution is -2.14. The fraction of sp³-hybridized carbons (Fsp3) is 0.125. The number of aromatic nitrogens is 2. The molecule has 2 heterocycles. The molecular formula is C16H13BrClN3O. The Balaban J connectivity index is 1.68. The number of carbonyl (C=O) groups is 1. The second kappa shape index (κ2) is 6.50. The standard InChI is InChI=1S/C16H13BrClN3O/c17-12-4-3-11-5-8-21(14(11)10-12)9-6-15(22)20-13-2-1-7-19-16(13)18/h1-5,7-8,10H,6,9H2,(H,20,22). The molecule has 2 aromatic heterocycles. The summed E-state index contributed by atoms with van der Waals surface area (Å²) in [6.07, 6.45) is 3.94. The van der Waals surface area contributed by atoms with Gasteiger partial charge in [-0.2, -0.15) is 0 Å². The van der Waals surface area contributed by atoms with Crippen molar-refractivity contribution in [3.63, 3.8) is 0 Å². The fourth-order valence-corrected chi connectivity index (χ4v) is 2.78. The second-order valence-corrected chi connectivity index (χ2v) is 6.13. The molecule has 0 spiro atoms. The predicted molar refractivity (Wildman–Crippen MR) is 92.1 cm³/mol. The summed E-state index contributed by atoms with van der Waals surface area (Å²) in [4.78, 5) is 16.0. The Morgan fingerprint density at radius 1 is 1.32 bits per heavy atom. The van der Waals surface area contributed by atoms with Crippen LogP contribution < -0.4 is 5.32 Å². The average Bonchev–Trinajstić information content (AvgIpc) is 2.90. The number of aryl methyl sites for hydroxylation is 1. The molecule has 112 valence electrons. The van der Waals surface area contributed by atoms with Gasteiger partial charge >= 0.3 is 0 Å². The van der Waals surface area contributed by atoms with Crippen molar-refractivity contribution in [3.05, 3.63) is 58.4 Å². The highest BCUT2D eigenvalue weighted by molar-refractivity contribution is 9.10. The first kappa shape index (κ1) is 15.1. The van der Waals surface area contributed by atoms with Gasteiger partial charge in [-0.15, -0.1) is 0 Å². The summed E-state index contributed by atoms with van der Waals surface area (Å²) in [5.74, 6) is -0.0910. The number of halogens is 2. The molecule has 0 bridgehead atoms. The van der Waals surface area contributed by atoms with E-state index in [-0.39, 0.29) is 5.91 Å². The van der Waals surface area contributed by atoms with E-state index in [1.54, 1.807) is 18.3 Å². The van der Waals surface area contributed by atoms with E-state index in [1.807, 2.05) is 30.5 Å². The molecule has 22 heavy (non-hydrogen) atoms. The minimum atomic E-state index is -0.0910. The van der Waals surface area contributed by atoms with Gasteiger partial charge in [-0.3, -0.25) is 4.79 Å². The van der Waals surface area contributed by atoms with Crippen molar-refractivity contribution in [2.45, 2.75) is 13.0 Å². The number of amides is 1. The molecule has 6 heteroatoms. The first-order valence-electron chi connectivity index (χ1n) is 6.78. The normalized spacial score (nSPS) is 10.8. The minimum Gasteiger partial charge on any atom is -0.347 e. The summed E-state index contributed by atoms with van der Waals surface area (Å²) in [5, 5.41) is 4.23. The summed E-state index contributed by atoms with van der Waals surface area (Å²) in [6, 6.07) is 11.6. The fourth-order valence-electron chi connectivity index (χ4n) is 2.27. The van der Waals surface area contributed by atoms with Crippen LogP contribution in [0.4, 0.5) is 5.69 Å². The molecule has 0 aliphatic carbocycles. The summed E-state index contributed by atoms with van der Waals surface area (Å²) in [6.45, 7) is 0.601. The monoisotopic (exact) mass is 377 g/mol.